The minimum atomic E-state index is -0.0794. The second-order valence-corrected chi connectivity index (χ2v) is 10.00. The summed E-state index contributed by atoms with van der Waals surface area (Å²) in [5, 5.41) is 10.8. The van der Waals surface area contributed by atoms with Crippen LogP contribution in [-0.4, -0.2) is 23.5 Å². The van der Waals surface area contributed by atoms with Crippen LogP contribution in [-0.2, 0) is 14.3 Å². The fourth-order valence-electron chi connectivity index (χ4n) is 6.55. The Labute approximate surface area is 181 Å². The minimum Gasteiger partial charge on any atom is -0.512 e. The molecule has 0 aromatic carbocycles. The summed E-state index contributed by atoms with van der Waals surface area (Å²) in [6, 6.07) is 0. The molecular formula is C26H38O4. The topological polar surface area (TPSA) is 63.6 Å². The number of fused-ring (bicyclic) bond motifs is 1. The van der Waals surface area contributed by atoms with Crippen molar-refractivity contribution in [2.75, 3.05) is 6.61 Å². The number of aliphatic hydroxyl groups excluding tert-OH is 1. The lowest BCUT2D eigenvalue weighted by atomic mass is 9.82. The lowest BCUT2D eigenvalue weighted by Gasteiger charge is -2.24. The average Bonchev–Trinajstić information content (AvgIpc) is 3.33. The van der Waals surface area contributed by atoms with Crippen LogP contribution in [0.1, 0.15) is 90.4 Å². The first-order chi connectivity index (χ1) is 14.6. The fourth-order valence-corrected chi connectivity index (χ4v) is 6.55. The molecule has 0 radical (unpaired) electrons. The van der Waals surface area contributed by atoms with Crippen molar-refractivity contribution < 1.29 is 19.4 Å². The molecule has 0 spiro atoms. The van der Waals surface area contributed by atoms with Crippen LogP contribution in [0.5, 0.6) is 0 Å². The average molecular weight is 415 g/mol. The van der Waals surface area contributed by atoms with Crippen molar-refractivity contribution in [2.45, 2.75) is 90.4 Å². The van der Waals surface area contributed by atoms with Gasteiger partial charge in [0.2, 0.25) is 0 Å². The number of Topliss-reactive ketones (excluding diaryl/α,β-unsaturated/α-hetero) is 1. The molecule has 4 heteroatoms. The van der Waals surface area contributed by atoms with Crippen LogP contribution in [0.3, 0.4) is 0 Å². The number of aliphatic hydroxyl groups is 1. The van der Waals surface area contributed by atoms with E-state index in [0.717, 1.165) is 62.9 Å². The summed E-state index contributed by atoms with van der Waals surface area (Å²) in [7, 11) is 0. The molecule has 0 aromatic heterocycles. The highest BCUT2D eigenvalue weighted by atomic mass is 16.5. The quantitative estimate of drug-likeness (QED) is 0.337. The van der Waals surface area contributed by atoms with E-state index >= 15 is 0 Å². The number of allylic oxidation sites excluding steroid dienone is 4. The third-order valence-electron chi connectivity index (χ3n) is 8.30. The molecule has 0 amide bonds. The first-order valence-electron chi connectivity index (χ1n) is 12.4. The number of carbonyl (C=O) groups is 2. The molecule has 4 nitrogen and oxygen atoms in total. The summed E-state index contributed by atoms with van der Waals surface area (Å²) >= 11 is 0. The van der Waals surface area contributed by atoms with Gasteiger partial charge in [-0.15, -0.1) is 0 Å². The SMILES string of the molecule is CCOC(=O)C1CCC(=C2CC3C(CC[C@@H]3/C(O)=C\CC3CCCCC3)C2=O)CC1. The molecule has 1 N–H and O–H groups in total. The van der Waals surface area contributed by atoms with Gasteiger partial charge in [0, 0.05) is 11.8 Å². The van der Waals surface area contributed by atoms with Crippen molar-refractivity contribution in [3.63, 3.8) is 0 Å². The van der Waals surface area contributed by atoms with Crippen LogP contribution < -0.4 is 0 Å². The maximum Gasteiger partial charge on any atom is 0.308 e. The number of rotatable bonds is 5. The van der Waals surface area contributed by atoms with Crippen molar-refractivity contribution in [3.05, 3.63) is 23.0 Å². The molecule has 4 aliphatic carbocycles. The molecule has 0 bridgehead atoms. The van der Waals surface area contributed by atoms with E-state index in [-0.39, 0.29) is 29.6 Å². The Morgan fingerprint density at radius 2 is 1.80 bits per heavy atom. The Balaban J connectivity index is 1.38. The zero-order valence-corrected chi connectivity index (χ0v) is 18.5. The second-order valence-electron chi connectivity index (χ2n) is 10.00. The monoisotopic (exact) mass is 414 g/mol. The van der Waals surface area contributed by atoms with Crippen molar-refractivity contribution in [2.24, 2.45) is 29.6 Å². The van der Waals surface area contributed by atoms with Crippen LogP contribution in [0.25, 0.3) is 0 Å². The molecule has 4 fully saturated rings. The predicted molar refractivity (Wildman–Crippen MR) is 117 cm³/mol. The number of hydrogen-bond acceptors (Lipinski definition) is 4. The minimum absolute atomic E-state index is 0.00943. The Hall–Kier alpha value is -1.58. The van der Waals surface area contributed by atoms with Gasteiger partial charge in [0.05, 0.1) is 18.3 Å². The molecule has 30 heavy (non-hydrogen) atoms. The Morgan fingerprint density at radius 1 is 1.07 bits per heavy atom. The standard InChI is InChI=1S/C26H38O4/c1-2-30-26(29)19-11-9-18(10-12-19)22-16-23-20(13-14-21(23)25(22)28)24(27)15-8-17-6-4-3-5-7-17/h15,17,19-21,23,27H,2-14,16H2,1H3/b22-18?,24-15+/t19?,20-,21?,23?/m0/s1. The van der Waals surface area contributed by atoms with Crippen molar-refractivity contribution in [1.82, 2.24) is 0 Å². The third-order valence-corrected chi connectivity index (χ3v) is 8.30. The number of carbonyl (C=O) groups excluding carboxylic acids is 2. The zero-order chi connectivity index (χ0) is 21.1. The van der Waals surface area contributed by atoms with E-state index in [2.05, 4.69) is 6.08 Å². The number of ketones is 1. The molecule has 0 heterocycles. The molecule has 0 aromatic rings. The second kappa shape index (κ2) is 9.70. The van der Waals surface area contributed by atoms with Gasteiger partial charge in [0.15, 0.2) is 5.78 Å². The zero-order valence-electron chi connectivity index (χ0n) is 18.5. The van der Waals surface area contributed by atoms with Gasteiger partial charge in [0.25, 0.3) is 0 Å². The first kappa shape index (κ1) is 21.6. The number of ether oxygens (including phenoxy) is 1. The van der Waals surface area contributed by atoms with Gasteiger partial charge in [0.1, 0.15) is 0 Å². The Kier molecular flexibility index (Phi) is 7.00. The van der Waals surface area contributed by atoms with Crippen molar-refractivity contribution >= 4 is 11.8 Å². The molecule has 4 rings (SSSR count). The van der Waals surface area contributed by atoms with Crippen molar-refractivity contribution in [3.8, 4) is 0 Å². The maximum atomic E-state index is 13.1. The molecule has 0 saturated heterocycles. The largest absolute Gasteiger partial charge is 0.512 e. The fraction of sp³-hybridized carbons (Fsp3) is 0.769. The molecule has 2 unspecified atom stereocenters. The van der Waals surface area contributed by atoms with E-state index in [1.54, 1.807) is 0 Å². The highest BCUT2D eigenvalue weighted by Crippen LogP contribution is 2.51. The lowest BCUT2D eigenvalue weighted by molar-refractivity contribution is -0.148. The van der Waals surface area contributed by atoms with Crippen LogP contribution in [0, 0.1) is 29.6 Å². The molecule has 3 atom stereocenters. The highest BCUT2D eigenvalue weighted by molar-refractivity contribution is 6.00. The normalized spacial score (nSPS) is 33.1. The summed E-state index contributed by atoms with van der Waals surface area (Å²) in [5.74, 6) is 2.09. The van der Waals surface area contributed by atoms with E-state index in [9.17, 15) is 14.7 Å². The molecule has 0 aliphatic heterocycles. The van der Waals surface area contributed by atoms with Crippen LogP contribution in [0.2, 0.25) is 0 Å². The van der Waals surface area contributed by atoms with E-state index in [4.69, 9.17) is 4.74 Å². The van der Waals surface area contributed by atoms with Crippen molar-refractivity contribution in [1.29, 1.82) is 0 Å². The van der Waals surface area contributed by atoms with Gasteiger partial charge < -0.3 is 9.84 Å². The predicted octanol–water partition coefficient (Wildman–Crippen LogP) is 6.06. The number of esters is 1. The molecule has 4 aliphatic rings. The van der Waals surface area contributed by atoms with Gasteiger partial charge in [-0.1, -0.05) is 37.7 Å². The van der Waals surface area contributed by atoms with E-state index in [1.165, 1.54) is 37.7 Å². The smallest absolute Gasteiger partial charge is 0.308 e. The number of hydrogen-bond donors (Lipinski definition) is 1. The highest BCUT2D eigenvalue weighted by Gasteiger charge is 2.48. The van der Waals surface area contributed by atoms with Crippen LogP contribution in [0.4, 0.5) is 0 Å². The summed E-state index contributed by atoms with van der Waals surface area (Å²) in [5.41, 5.74) is 2.32. The first-order valence-corrected chi connectivity index (χ1v) is 12.4. The lowest BCUT2D eigenvalue weighted by Crippen LogP contribution is -2.22. The van der Waals surface area contributed by atoms with Gasteiger partial charge in [-0.2, -0.15) is 0 Å². The van der Waals surface area contributed by atoms with E-state index < -0.39 is 0 Å². The van der Waals surface area contributed by atoms with Crippen LogP contribution in [0.15, 0.2) is 23.0 Å². The summed E-state index contributed by atoms with van der Waals surface area (Å²) in [4.78, 5) is 25.1. The van der Waals surface area contributed by atoms with Gasteiger partial charge >= 0.3 is 5.97 Å². The summed E-state index contributed by atoms with van der Waals surface area (Å²) in [6.45, 7) is 2.28. The van der Waals surface area contributed by atoms with Crippen LogP contribution >= 0.6 is 0 Å². The molecular weight excluding hydrogens is 376 g/mol. The van der Waals surface area contributed by atoms with Gasteiger partial charge in [-0.05, 0) is 81.8 Å². The Bertz CT molecular complexity index is 703. The Morgan fingerprint density at radius 3 is 2.50 bits per heavy atom. The van der Waals surface area contributed by atoms with Gasteiger partial charge in [-0.25, -0.2) is 0 Å². The summed E-state index contributed by atoms with van der Waals surface area (Å²) in [6.07, 6.45) is 15.7. The third kappa shape index (κ3) is 4.53. The van der Waals surface area contributed by atoms with E-state index in [0.29, 0.717) is 18.1 Å². The van der Waals surface area contributed by atoms with E-state index in [1.807, 2.05) is 6.92 Å². The summed E-state index contributed by atoms with van der Waals surface area (Å²) < 4.78 is 5.17. The molecule has 166 valence electrons. The maximum absolute atomic E-state index is 13.1. The molecule has 4 saturated carbocycles. The van der Waals surface area contributed by atoms with Gasteiger partial charge in [-0.3, -0.25) is 9.59 Å².